The van der Waals surface area contributed by atoms with Gasteiger partial charge in [0.15, 0.2) is 0 Å². The molecule has 0 bridgehead atoms. The van der Waals surface area contributed by atoms with Crippen LogP contribution in [0.15, 0.2) is 53.0 Å². The van der Waals surface area contributed by atoms with Crippen LogP contribution in [0, 0.1) is 10.1 Å². The second-order valence-electron chi connectivity index (χ2n) is 5.87. The van der Waals surface area contributed by atoms with E-state index in [0.717, 1.165) is 30.8 Å². The van der Waals surface area contributed by atoms with Crippen molar-refractivity contribution < 1.29 is 37.6 Å². The highest BCUT2D eigenvalue weighted by molar-refractivity contribution is 9.10. The van der Waals surface area contributed by atoms with Gasteiger partial charge in [0.05, 0.1) is 25.6 Å². The van der Waals surface area contributed by atoms with Gasteiger partial charge in [-0.15, -0.1) is 0 Å². The van der Waals surface area contributed by atoms with Crippen LogP contribution < -0.4 is 14.1 Å². The van der Waals surface area contributed by atoms with Crippen molar-refractivity contribution in [3.05, 3.63) is 63.1 Å². The molecule has 0 fully saturated rings. The summed E-state index contributed by atoms with van der Waals surface area (Å²) in [5.41, 5.74) is -0.206. The van der Waals surface area contributed by atoms with Crippen LogP contribution in [0.25, 0.3) is 0 Å². The Labute approximate surface area is 185 Å². The lowest BCUT2D eigenvalue weighted by Gasteiger charge is -2.24. The Bertz CT molecular complexity index is 983. The van der Waals surface area contributed by atoms with Crippen LogP contribution in [0.4, 0.5) is 5.69 Å². The molecule has 11 nitrogen and oxygen atoms in total. The van der Waals surface area contributed by atoms with Gasteiger partial charge in [-0.2, -0.15) is 5.09 Å². The molecule has 1 N–H and O–H groups in total. The fourth-order valence-corrected chi connectivity index (χ4v) is 4.02. The Morgan fingerprint density at radius 1 is 1.03 bits per heavy atom. The SMILES string of the molecule is COC(=O)C[C@H](NP(=O)(Oc1ccc(Br)cc1)Oc1ccc([N+](=O)[O-])cc1)C(=O)OC. The lowest BCUT2D eigenvalue weighted by Crippen LogP contribution is -2.39. The zero-order valence-electron chi connectivity index (χ0n) is 16.3. The number of esters is 2. The number of hydrogen-bond acceptors (Lipinski definition) is 9. The monoisotopic (exact) mass is 516 g/mol. The van der Waals surface area contributed by atoms with E-state index < -0.39 is 37.1 Å². The van der Waals surface area contributed by atoms with Gasteiger partial charge < -0.3 is 18.5 Å². The van der Waals surface area contributed by atoms with Crippen molar-refractivity contribution in [3.63, 3.8) is 0 Å². The van der Waals surface area contributed by atoms with Gasteiger partial charge in [-0.1, -0.05) is 15.9 Å². The molecule has 0 saturated carbocycles. The molecule has 2 atom stereocenters. The molecular weight excluding hydrogens is 499 g/mol. The molecule has 0 aliphatic heterocycles. The smallest absolute Gasteiger partial charge is 0.469 e. The van der Waals surface area contributed by atoms with Crippen molar-refractivity contribution in [2.75, 3.05) is 14.2 Å². The summed E-state index contributed by atoms with van der Waals surface area (Å²) in [6.07, 6.45) is -0.513. The number of ether oxygens (including phenoxy) is 2. The standard InChI is InChI=1S/C18H18BrN2O9P/c1-27-17(22)11-16(18(23)28-2)20-31(26,29-14-7-3-12(19)4-8-14)30-15-9-5-13(6-10-15)21(24)25/h3-10,16H,11H2,1-2H3,(H,20,26)/t16-,31?/m0/s1. The van der Waals surface area contributed by atoms with Crippen LogP contribution in [0.1, 0.15) is 6.42 Å². The van der Waals surface area contributed by atoms with Crippen molar-refractivity contribution in [3.8, 4) is 11.5 Å². The number of methoxy groups -OCH3 is 2. The predicted octanol–water partition coefficient (Wildman–Crippen LogP) is 3.62. The normalized spacial score (nSPS) is 13.4. The minimum absolute atomic E-state index is 0.0415. The van der Waals surface area contributed by atoms with E-state index in [1.807, 2.05) is 0 Å². The largest absolute Gasteiger partial charge is 0.513 e. The molecular formula is C18H18BrN2O9P. The van der Waals surface area contributed by atoms with E-state index >= 15 is 0 Å². The number of nitro benzene ring substituents is 1. The summed E-state index contributed by atoms with van der Waals surface area (Å²) in [6, 6.07) is 9.52. The van der Waals surface area contributed by atoms with E-state index in [9.17, 15) is 24.3 Å². The number of nitrogens with zero attached hydrogens (tertiary/aromatic N) is 1. The Hall–Kier alpha value is -2.95. The fraction of sp³-hybridized carbons (Fsp3) is 0.222. The maximum atomic E-state index is 13.5. The van der Waals surface area contributed by atoms with Crippen molar-refractivity contribution in [1.29, 1.82) is 0 Å². The Morgan fingerprint density at radius 2 is 1.55 bits per heavy atom. The molecule has 0 amide bonds. The quantitative estimate of drug-likeness (QED) is 0.215. The van der Waals surface area contributed by atoms with Gasteiger partial charge >= 0.3 is 19.7 Å². The third kappa shape index (κ3) is 7.35. The van der Waals surface area contributed by atoms with Gasteiger partial charge in [-0.3, -0.25) is 19.7 Å². The van der Waals surface area contributed by atoms with Crippen molar-refractivity contribution >= 4 is 41.3 Å². The lowest BCUT2D eigenvalue weighted by molar-refractivity contribution is -0.384. The summed E-state index contributed by atoms with van der Waals surface area (Å²) >= 11 is 3.26. The van der Waals surface area contributed by atoms with Crippen LogP contribution in [0.2, 0.25) is 0 Å². The number of nitro groups is 1. The minimum Gasteiger partial charge on any atom is -0.469 e. The maximum absolute atomic E-state index is 13.5. The van der Waals surface area contributed by atoms with Gasteiger partial charge in [-0.25, -0.2) is 4.57 Å². The maximum Gasteiger partial charge on any atom is 0.513 e. The van der Waals surface area contributed by atoms with E-state index in [-0.39, 0.29) is 17.2 Å². The molecule has 1 unspecified atom stereocenters. The topological polar surface area (TPSA) is 143 Å². The van der Waals surface area contributed by atoms with Gasteiger partial charge in [0.2, 0.25) is 0 Å². The first-order valence-corrected chi connectivity index (χ1v) is 10.9. The molecule has 0 aromatic heterocycles. The molecule has 0 radical (unpaired) electrons. The molecule has 0 spiro atoms. The molecule has 2 aromatic rings. The van der Waals surface area contributed by atoms with Gasteiger partial charge in [0.1, 0.15) is 17.5 Å². The highest BCUT2D eigenvalue weighted by atomic mass is 79.9. The number of hydrogen-bond donors (Lipinski definition) is 1. The molecule has 166 valence electrons. The van der Waals surface area contributed by atoms with Crippen molar-refractivity contribution in [1.82, 2.24) is 5.09 Å². The molecule has 0 saturated heterocycles. The highest BCUT2D eigenvalue weighted by Crippen LogP contribution is 2.46. The summed E-state index contributed by atoms with van der Waals surface area (Å²) in [5, 5.41) is 13.2. The second kappa shape index (κ2) is 10.9. The molecule has 0 aliphatic rings. The van der Waals surface area contributed by atoms with Gasteiger partial charge in [0.25, 0.3) is 5.69 Å². The average molecular weight is 517 g/mol. The van der Waals surface area contributed by atoms with Gasteiger partial charge in [-0.05, 0) is 36.4 Å². The van der Waals surface area contributed by atoms with E-state index in [4.69, 9.17) is 9.05 Å². The highest BCUT2D eigenvalue weighted by Gasteiger charge is 2.37. The lowest BCUT2D eigenvalue weighted by atomic mass is 10.2. The van der Waals surface area contributed by atoms with Crippen LogP contribution in [-0.4, -0.2) is 37.1 Å². The summed E-state index contributed by atoms with van der Waals surface area (Å²) in [7, 11) is -2.13. The molecule has 31 heavy (non-hydrogen) atoms. The predicted molar refractivity (Wildman–Crippen MR) is 112 cm³/mol. The number of nitrogens with one attached hydrogen (secondary N) is 1. The molecule has 2 aromatic carbocycles. The van der Waals surface area contributed by atoms with E-state index in [0.29, 0.717) is 0 Å². The van der Waals surface area contributed by atoms with E-state index in [2.05, 4.69) is 30.5 Å². The Kier molecular flexibility index (Phi) is 8.55. The molecule has 0 heterocycles. The fourth-order valence-electron chi connectivity index (χ4n) is 2.24. The van der Waals surface area contributed by atoms with Crippen LogP contribution >= 0.6 is 23.7 Å². The second-order valence-corrected chi connectivity index (χ2v) is 8.40. The van der Waals surface area contributed by atoms with E-state index in [1.165, 1.54) is 24.3 Å². The number of carbonyl (C=O) groups is 2. The van der Waals surface area contributed by atoms with Crippen LogP contribution in [-0.2, 0) is 23.6 Å². The van der Waals surface area contributed by atoms with Crippen molar-refractivity contribution in [2.24, 2.45) is 0 Å². The van der Waals surface area contributed by atoms with Gasteiger partial charge in [0, 0.05) is 16.6 Å². The number of rotatable bonds is 10. The molecule has 2 rings (SSSR count). The third-order valence-electron chi connectivity index (χ3n) is 3.71. The Balaban J connectivity index is 2.35. The summed E-state index contributed by atoms with van der Waals surface area (Å²) in [4.78, 5) is 34.0. The first-order chi connectivity index (χ1) is 14.7. The first kappa shape index (κ1) is 24.3. The zero-order chi connectivity index (χ0) is 23.0. The zero-order valence-corrected chi connectivity index (χ0v) is 18.8. The van der Waals surface area contributed by atoms with Crippen LogP contribution in [0.3, 0.4) is 0 Å². The van der Waals surface area contributed by atoms with E-state index in [1.54, 1.807) is 12.1 Å². The number of carbonyl (C=O) groups excluding carboxylic acids is 2. The number of halogens is 1. The van der Waals surface area contributed by atoms with Crippen molar-refractivity contribution in [2.45, 2.75) is 12.5 Å². The average Bonchev–Trinajstić information content (AvgIpc) is 2.74. The third-order valence-corrected chi connectivity index (χ3v) is 5.77. The summed E-state index contributed by atoms with van der Waals surface area (Å²) < 4.78 is 34.3. The number of non-ortho nitro benzene ring substituents is 1. The Morgan fingerprint density at radius 3 is 2.00 bits per heavy atom. The molecule has 13 heteroatoms. The first-order valence-electron chi connectivity index (χ1n) is 8.57. The molecule has 0 aliphatic carbocycles. The number of benzene rings is 2. The summed E-state index contributed by atoms with van der Waals surface area (Å²) in [5.74, 6) is -1.59. The minimum atomic E-state index is -4.35. The van der Waals surface area contributed by atoms with Crippen LogP contribution in [0.5, 0.6) is 11.5 Å². The summed E-state index contributed by atoms with van der Waals surface area (Å²) in [6.45, 7) is 0.